The van der Waals surface area contributed by atoms with Crippen molar-refractivity contribution in [1.29, 1.82) is 0 Å². The molecule has 1 nitrogen and oxygen atoms in total. The highest BCUT2D eigenvalue weighted by Gasteiger charge is 2.09. The molecule has 0 atom stereocenters. The van der Waals surface area contributed by atoms with Crippen molar-refractivity contribution in [2.75, 3.05) is 6.54 Å². The van der Waals surface area contributed by atoms with Crippen molar-refractivity contribution in [2.45, 2.75) is 47.6 Å². The zero-order valence-electron chi connectivity index (χ0n) is 11.7. The fourth-order valence-electron chi connectivity index (χ4n) is 1.83. The van der Waals surface area contributed by atoms with Gasteiger partial charge in [0.25, 0.3) is 0 Å². The van der Waals surface area contributed by atoms with E-state index in [1.165, 1.54) is 0 Å². The monoisotopic (exact) mass is 237 g/mol. The Bertz CT molecular complexity index is 354. The van der Waals surface area contributed by atoms with Gasteiger partial charge in [-0.25, -0.2) is 4.39 Å². The standard InChI is InChI=1S/C15H24FN/c1-11-8-13(9-12(2)14(11)16)10-17-7-6-15(3,4)5/h8-9,17H,6-7,10H2,1-5H3. The van der Waals surface area contributed by atoms with Crippen LogP contribution in [0.2, 0.25) is 0 Å². The molecule has 0 aromatic heterocycles. The van der Waals surface area contributed by atoms with Crippen LogP contribution in [0.5, 0.6) is 0 Å². The summed E-state index contributed by atoms with van der Waals surface area (Å²) in [4.78, 5) is 0. The molecule has 96 valence electrons. The zero-order valence-corrected chi connectivity index (χ0v) is 11.7. The maximum Gasteiger partial charge on any atom is 0.129 e. The number of hydrogen-bond donors (Lipinski definition) is 1. The van der Waals surface area contributed by atoms with E-state index in [4.69, 9.17) is 0 Å². The molecule has 0 fully saturated rings. The van der Waals surface area contributed by atoms with Gasteiger partial charge in [0, 0.05) is 6.54 Å². The maximum atomic E-state index is 13.4. The summed E-state index contributed by atoms with van der Waals surface area (Å²) >= 11 is 0. The second-order valence-electron chi connectivity index (χ2n) is 6.03. The summed E-state index contributed by atoms with van der Waals surface area (Å²) in [5, 5.41) is 3.41. The summed E-state index contributed by atoms with van der Waals surface area (Å²) in [5.74, 6) is -0.0801. The van der Waals surface area contributed by atoms with Crippen LogP contribution in [0.15, 0.2) is 12.1 Å². The number of nitrogens with one attached hydrogen (secondary N) is 1. The van der Waals surface area contributed by atoms with Crippen LogP contribution in [-0.4, -0.2) is 6.54 Å². The molecule has 1 N–H and O–H groups in total. The first-order valence-electron chi connectivity index (χ1n) is 6.26. The Labute approximate surface area is 104 Å². The number of halogens is 1. The average molecular weight is 237 g/mol. The second-order valence-corrected chi connectivity index (χ2v) is 6.03. The molecule has 0 amide bonds. The third kappa shape index (κ3) is 4.86. The summed E-state index contributed by atoms with van der Waals surface area (Å²) in [6.07, 6.45) is 1.14. The average Bonchev–Trinajstić information content (AvgIpc) is 2.19. The third-order valence-electron chi connectivity index (χ3n) is 2.88. The van der Waals surface area contributed by atoms with Gasteiger partial charge >= 0.3 is 0 Å². The highest BCUT2D eigenvalue weighted by molar-refractivity contribution is 5.30. The first-order valence-corrected chi connectivity index (χ1v) is 6.26. The molecule has 1 aromatic rings. The molecule has 1 rings (SSSR count). The first kappa shape index (κ1) is 14.2. The Kier molecular flexibility index (Phi) is 4.70. The number of rotatable bonds is 4. The van der Waals surface area contributed by atoms with Crippen molar-refractivity contribution in [1.82, 2.24) is 5.32 Å². The maximum absolute atomic E-state index is 13.4. The van der Waals surface area contributed by atoms with E-state index in [1.54, 1.807) is 0 Å². The normalized spacial score (nSPS) is 11.9. The van der Waals surface area contributed by atoms with Gasteiger partial charge in [0.15, 0.2) is 0 Å². The Morgan fingerprint density at radius 3 is 2.12 bits per heavy atom. The summed E-state index contributed by atoms with van der Waals surface area (Å²) in [6.45, 7) is 12.2. The zero-order chi connectivity index (χ0) is 13.1. The van der Waals surface area contributed by atoms with Gasteiger partial charge in [0.05, 0.1) is 0 Å². The quantitative estimate of drug-likeness (QED) is 0.781. The van der Waals surface area contributed by atoms with Crippen LogP contribution in [0.1, 0.15) is 43.9 Å². The minimum absolute atomic E-state index is 0.0801. The molecule has 0 aliphatic heterocycles. The van der Waals surface area contributed by atoms with Crippen LogP contribution in [0.4, 0.5) is 4.39 Å². The van der Waals surface area contributed by atoms with Crippen LogP contribution in [0.25, 0.3) is 0 Å². The van der Waals surface area contributed by atoms with Crippen molar-refractivity contribution < 1.29 is 4.39 Å². The van der Waals surface area contributed by atoms with Crippen molar-refractivity contribution >= 4 is 0 Å². The van der Waals surface area contributed by atoms with E-state index in [2.05, 4.69) is 26.1 Å². The lowest BCUT2D eigenvalue weighted by Crippen LogP contribution is -2.20. The highest BCUT2D eigenvalue weighted by atomic mass is 19.1. The molecule has 0 aliphatic rings. The molecular weight excluding hydrogens is 213 g/mol. The van der Waals surface area contributed by atoms with E-state index in [0.717, 1.165) is 36.2 Å². The van der Waals surface area contributed by atoms with Crippen molar-refractivity contribution in [2.24, 2.45) is 5.41 Å². The van der Waals surface area contributed by atoms with Gasteiger partial charge < -0.3 is 5.32 Å². The van der Waals surface area contributed by atoms with E-state index in [9.17, 15) is 4.39 Å². The summed E-state index contributed by atoms with van der Waals surface area (Å²) in [5.41, 5.74) is 2.99. The minimum atomic E-state index is -0.0801. The van der Waals surface area contributed by atoms with Gasteiger partial charge in [-0.2, -0.15) is 0 Å². The van der Waals surface area contributed by atoms with Gasteiger partial charge in [-0.15, -0.1) is 0 Å². The predicted molar refractivity (Wildman–Crippen MR) is 71.7 cm³/mol. The summed E-state index contributed by atoms with van der Waals surface area (Å²) < 4.78 is 13.4. The van der Waals surface area contributed by atoms with Crippen LogP contribution in [-0.2, 0) is 6.54 Å². The molecule has 0 unspecified atom stereocenters. The summed E-state index contributed by atoms with van der Waals surface area (Å²) in [6, 6.07) is 3.85. The molecule has 2 heteroatoms. The van der Waals surface area contributed by atoms with E-state index in [0.29, 0.717) is 5.41 Å². The Hall–Kier alpha value is -0.890. The Morgan fingerprint density at radius 1 is 1.12 bits per heavy atom. The molecule has 0 aliphatic carbocycles. The molecule has 17 heavy (non-hydrogen) atoms. The third-order valence-corrected chi connectivity index (χ3v) is 2.88. The highest BCUT2D eigenvalue weighted by Crippen LogP contribution is 2.17. The molecule has 0 heterocycles. The van der Waals surface area contributed by atoms with Gasteiger partial charge in [-0.05, 0) is 48.9 Å². The van der Waals surface area contributed by atoms with E-state index < -0.39 is 0 Å². The molecule has 0 bridgehead atoms. The predicted octanol–water partition coefficient (Wildman–Crippen LogP) is 3.97. The Morgan fingerprint density at radius 2 is 1.65 bits per heavy atom. The summed E-state index contributed by atoms with van der Waals surface area (Å²) in [7, 11) is 0. The number of benzene rings is 1. The molecule has 0 spiro atoms. The van der Waals surface area contributed by atoms with E-state index >= 15 is 0 Å². The lowest BCUT2D eigenvalue weighted by atomic mass is 9.92. The smallest absolute Gasteiger partial charge is 0.129 e. The number of hydrogen-bond acceptors (Lipinski definition) is 1. The van der Waals surface area contributed by atoms with Crippen molar-refractivity contribution in [3.63, 3.8) is 0 Å². The van der Waals surface area contributed by atoms with Gasteiger partial charge in [0.2, 0.25) is 0 Å². The first-order chi connectivity index (χ1) is 7.79. The van der Waals surface area contributed by atoms with E-state index in [1.807, 2.05) is 26.0 Å². The fraction of sp³-hybridized carbons (Fsp3) is 0.600. The molecule has 0 radical (unpaired) electrons. The second kappa shape index (κ2) is 5.63. The SMILES string of the molecule is Cc1cc(CNCCC(C)(C)C)cc(C)c1F. The van der Waals surface area contributed by atoms with Crippen molar-refractivity contribution in [3.8, 4) is 0 Å². The minimum Gasteiger partial charge on any atom is -0.313 e. The fourth-order valence-corrected chi connectivity index (χ4v) is 1.83. The Balaban J connectivity index is 2.48. The van der Waals surface area contributed by atoms with Crippen LogP contribution >= 0.6 is 0 Å². The molecular formula is C15H24FN. The largest absolute Gasteiger partial charge is 0.313 e. The van der Waals surface area contributed by atoms with E-state index in [-0.39, 0.29) is 5.82 Å². The molecule has 1 aromatic carbocycles. The van der Waals surface area contributed by atoms with Crippen molar-refractivity contribution in [3.05, 3.63) is 34.6 Å². The lowest BCUT2D eigenvalue weighted by Gasteiger charge is -2.18. The van der Waals surface area contributed by atoms with Gasteiger partial charge in [-0.1, -0.05) is 32.9 Å². The number of aryl methyl sites for hydroxylation is 2. The van der Waals surface area contributed by atoms with Crippen LogP contribution < -0.4 is 5.32 Å². The topological polar surface area (TPSA) is 12.0 Å². The van der Waals surface area contributed by atoms with Crippen LogP contribution in [0.3, 0.4) is 0 Å². The molecule has 0 saturated heterocycles. The van der Waals surface area contributed by atoms with Gasteiger partial charge in [-0.3, -0.25) is 0 Å². The van der Waals surface area contributed by atoms with Crippen LogP contribution in [0, 0.1) is 25.1 Å². The van der Waals surface area contributed by atoms with Gasteiger partial charge in [0.1, 0.15) is 5.82 Å². The lowest BCUT2D eigenvalue weighted by molar-refractivity contribution is 0.366. The molecule has 0 saturated carbocycles.